The lowest BCUT2D eigenvalue weighted by Gasteiger charge is -2.09. The Labute approximate surface area is 120 Å². The molecule has 0 radical (unpaired) electrons. The van der Waals surface area contributed by atoms with Crippen LogP contribution in [0.25, 0.3) is 10.9 Å². The van der Waals surface area contributed by atoms with Crippen molar-refractivity contribution < 1.29 is 13.2 Å². The van der Waals surface area contributed by atoms with Gasteiger partial charge in [0.2, 0.25) is 0 Å². The fraction of sp³-hybridized carbons (Fsp3) is 0.176. The summed E-state index contributed by atoms with van der Waals surface area (Å²) in [6.07, 6.45) is -4.11. The van der Waals surface area contributed by atoms with E-state index in [2.05, 4.69) is 4.98 Å². The van der Waals surface area contributed by atoms with E-state index in [0.29, 0.717) is 16.5 Å². The van der Waals surface area contributed by atoms with Gasteiger partial charge >= 0.3 is 6.18 Å². The van der Waals surface area contributed by atoms with Crippen molar-refractivity contribution in [2.24, 2.45) is 0 Å². The number of benzene rings is 2. The monoisotopic (exact) mass is 289 g/mol. The molecule has 0 aliphatic rings. The van der Waals surface area contributed by atoms with Crippen LogP contribution in [0.2, 0.25) is 0 Å². The van der Waals surface area contributed by atoms with Crippen LogP contribution in [-0.4, -0.2) is 4.98 Å². The molecule has 3 rings (SSSR count). The van der Waals surface area contributed by atoms with Crippen LogP contribution >= 0.6 is 0 Å². The van der Waals surface area contributed by atoms with Crippen molar-refractivity contribution >= 4 is 10.9 Å². The Morgan fingerprint density at radius 3 is 2.33 bits per heavy atom. The second kappa shape index (κ2) is 4.95. The summed E-state index contributed by atoms with van der Waals surface area (Å²) in [6.45, 7) is 1.84. The summed E-state index contributed by atoms with van der Waals surface area (Å²) in [6, 6.07) is 14.5. The van der Waals surface area contributed by atoms with Gasteiger partial charge in [0.15, 0.2) is 0 Å². The predicted molar refractivity (Wildman–Crippen MR) is 77.3 cm³/mol. The van der Waals surface area contributed by atoms with E-state index in [1.807, 2.05) is 43.3 Å². The Bertz CT molecular complexity index is 770. The van der Waals surface area contributed by atoms with E-state index in [-0.39, 0.29) is 6.42 Å². The van der Waals surface area contributed by atoms with Gasteiger partial charge in [0.25, 0.3) is 0 Å². The molecule has 3 aromatic rings. The van der Waals surface area contributed by atoms with E-state index < -0.39 is 11.9 Å². The molecule has 1 aromatic heterocycles. The number of fused-ring (bicyclic) bond motifs is 1. The molecular weight excluding hydrogens is 275 g/mol. The zero-order valence-corrected chi connectivity index (χ0v) is 11.5. The zero-order chi connectivity index (χ0) is 15.0. The molecule has 0 aliphatic carbocycles. The van der Waals surface area contributed by atoms with E-state index in [4.69, 9.17) is 0 Å². The molecule has 21 heavy (non-hydrogen) atoms. The maximum atomic E-state index is 13.3. The fourth-order valence-corrected chi connectivity index (χ4v) is 2.73. The predicted octanol–water partition coefficient (Wildman–Crippen LogP) is 5.09. The second-order valence-electron chi connectivity index (χ2n) is 5.14. The van der Waals surface area contributed by atoms with Crippen LogP contribution in [0.5, 0.6) is 0 Å². The minimum atomic E-state index is -4.38. The third-order valence-electron chi connectivity index (χ3n) is 3.64. The standard InChI is InChI=1S/C17H14F3N/c1-11-6-5-9-14-15(11)13(16(21-14)17(18,19)20)10-12-7-3-2-4-8-12/h2-9,21H,10H2,1H3. The summed E-state index contributed by atoms with van der Waals surface area (Å²) in [5, 5.41) is 0.675. The molecular formula is C17H14F3N. The molecule has 4 heteroatoms. The number of hydrogen-bond donors (Lipinski definition) is 1. The molecule has 1 nitrogen and oxygen atoms in total. The SMILES string of the molecule is Cc1cccc2[nH]c(C(F)(F)F)c(Cc3ccccc3)c12. The van der Waals surface area contributed by atoms with Gasteiger partial charge in [-0.15, -0.1) is 0 Å². The van der Waals surface area contributed by atoms with Crippen LogP contribution in [0.15, 0.2) is 48.5 Å². The molecule has 0 unspecified atom stereocenters. The molecule has 1 heterocycles. The van der Waals surface area contributed by atoms with Crippen molar-refractivity contribution in [3.05, 3.63) is 70.9 Å². The van der Waals surface area contributed by atoms with Crippen LogP contribution in [0.3, 0.4) is 0 Å². The van der Waals surface area contributed by atoms with Crippen LogP contribution < -0.4 is 0 Å². The largest absolute Gasteiger partial charge is 0.431 e. The number of rotatable bonds is 2. The average Bonchev–Trinajstić information content (AvgIpc) is 2.80. The van der Waals surface area contributed by atoms with Crippen LogP contribution in [0.1, 0.15) is 22.4 Å². The second-order valence-corrected chi connectivity index (χ2v) is 5.14. The van der Waals surface area contributed by atoms with Crippen molar-refractivity contribution in [2.75, 3.05) is 0 Å². The van der Waals surface area contributed by atoms with Crippen molar-refractivity contribution in [2.45, 2.75) is 19.5 Å². The van der Waals surface area contributed by atoms with Gasteiger partial charge < -0.3 is 4.98 Å². The number of aromatic nitrogens is 1. The highest BCUT2D eigenvalue weighted by molar-refractivity contribution is 5.88. The van der Waals surface area contributed by atoms with Gasteiger partial charge in [-0.1, -0.05) is 42.5 Å². The molecule has 0 atom stereocenters. The molecule has 1 N–H and O–H groups in total. The summed E-state index contributed by atoms with van der Waals surface area (Å²) < 4.78 is 39.9. The molecule has 0 aliphatic heterocycles. The highest BCUT2D eigenvalue weighted by Crippen LogP contribution is 2.37. The van der Waals surface area contributed by atoms with E-state index in [1.54, 1.807) is 12.1 Å². The first-order valence-electron chi connectivity index (χ1n) is 6.68. The molecule has 0 fully saturated rings. The van der Waals surface area contributed by atoms with Crippen molar-refractivity contribution in [1.29, 1.82) is 0 Å². The van der Waals surface area contributed by atoms with Crippen molar-refractivity contribution in [3.8, 4) is 0 Å². The summed E-state index contributed by atoms with van der Waals surface area (Å²) in [5.74, 6) is 0. The Morgan fingerprint density at radius 2 is 1.67 bits per heavy atom. The normalized spacial score (nSPS) is 12.0. The molecule has 108 valence electrons. The highest BCUT2D eigenvalue weighted by atomic mass is 19.4. The summed E-state index contributed by atoms with van der Waals surface area (Å²) in [5.41, 5.74) is 1.93. The third kappa shape index (κ3) is 2.53. The molecule has 0 spiro atoms. The number of H-pyrrole nitrogens is 1. The van der Waals surface area contributed by atoms with E-state index in [0.717, 1.165) is 11.1 Å². The Balaban J connectivity index is 2.23. The van der Waals surface area contributed by atoms with Gasteiger partial charge in [-0.2, -0.15) is 13.2 Å². The minimum Gasteiger partial charge on any atom is -0.351 e. The van der Waals surface area contributed by atoms with Crippen LogP contribution in [-0.2, 0) is 12.6 Å². The number of aromatic amines is 1. The quantitative estimate of drug-likeness (QED) is 0.676. The Morgan fingerprint density at radius 1 is 0.952 bits per heavy atom. The van der Waals surface area contributed by atoms with Gasteiger partial charge in [-0.25, -0.2) is 0 Å². The molecule has 0 bridgehead atoms. The van der Waals surface area contributed by atoms with Gasteiger partial charge in [0.1, 0.15) is 5.69 Å². The molecule has 0 saturated heterocycles. The summed E-state index contributed by atoms with van der Waals surface area (Å²) in [4.78, 5) is 2.54. The van der Waals surface area contributed by atoms with Crippen molar-refractivity contribution in [3.63, 3.8) is 0 Å². The van der Waals surface area contributed by atoms with E-state index in [1.165, 1.54) is 0 Å². The maximum absolute atomic E-state index is 13.3. The Kier molecular flexibility index (Phi) is 3.24. The number of alkyl halides is 3. The summed E-state index contributed by atoms with van der Waals surface area (Å²) >= 11 is 0. The van der Waals surface area contributed by atoms with Crippen LogP contribution in [0, 0.1) is 6.92 Å². The van der Waals surface area contributed by atoms with Crippen LogP contribution in [0.4, 0.5) is 13.2 Å². The highest BCUT2D eigenvalue weighted by Gasteiger charge is 2.36. The third-order valence-corrected chi connectivity index (χ3v) is 3.64. The number of aryl methyl sites for hydroxylation is 1. The lowest BCUT2D eigenvalue weighted by atomic mass is 9.99. The molecule has 2 aromatic carbocycles. The Hall–Kier alpha value is -2.23. The molecule has 0 amide bonds. The average molecular weight is 289 g/mol. The number of hydrogen-bond acceptors (Lipinski definition) is 0. The molecule has 0 saturated carbocycles. The van der Waals surface area contributed by atoms with Gasteiger partial charge in [-0.05, 0) is 29.7 Å². The smallest absolute Gasteiger partial charge is 0.351 e. The van der Waals surface area contributed by atoms with E-state index >= 15 is 0 Å². The number of halogens is 3. The lowest BCUT2D eigenvalue weighted by Crippen LogP contribution is -2.09. The number of nitrogens with one attached hydrogen (secondary N) is 1. The van der Waals surface area contributed by atoms with Gasteiger partial charge in [0.05, 0.1) is 0 Å². The zero-order valence-electron chi connectivity index (χ0n) is 11.5. The van der Waals surface area contributed by atoms with Gasteiger partial charge in [0, 0.05) is 17.3 Å². The van der Waals surface area contributed by atoms with E-state index in [9.17, 15) is 13.2 Å². The first-order chi connectivity index (χ1) is 9.97. The van der Waals surface area contributed by atoms with Crippen molar-refractivity contribution in [1.82, 2.24) is 4.98 Å². The maximum Gasteiger partial charge on any atom is 0.431 e. The lowest BCUT2D eigenvalue weighted by molar-refractivity contribution is -0.141. The summed E-state index contributed by atoms with van der Waals surface area (Å²) in [7, 11) is 0. The topological polar surface area (TPSA) is 15.8 Å². The first-order valence-corrected chi connectivity index (χ1v) is 6.68. The minimum absolute atomic E-state index is 0.264. The fourth-order valence-electron chi connectivity index (χ4n) is 2.73. The first kappa shape index (κ1) is 13.7. The van der Waals surface area contributed by atoms with Gasteiger partial charge in [-0.3, -0.25) is 0 Å².